The van der Waals surface area contributed by atoms with Gasteiger partial charge in [-0.3, -0.25) is 0 Å². The maximum atomic E-state index is 8.11. The topological polar surface area (TPSA) is 66.5 Å². The molecule has 0 saturated carbocycles. The Morgan fingerprint density at radius 2 is 1.75 bits per heavy atom. The summed E-state index contributed by atoms with van der Waals surface area (Å²) >= 11 is 0. The number of benzene rings is 1. The lowest BCUT2D eigenvalue weighted by molar-refractivity contribution is 0.110. The zero-order valence-electron chi connectivity index (χ0n) is 7.14. The van der Waals surface area contributed by atoms with E-state index in [4.69, 9.17) is 15.9 Å². The van der Waals surface area contributed by atoms with Crippen LogP contribution < -0.4 is 5.73 Å². The highest BCUT2D eigenvalue weighted by Gasteiger charge is 1.83. The monoisotopic (exact) mass is 169 g/mol. The summed E-state index contributed by atoms with van der Waals surface area (Å²) in [5, 5.41) is 16.0. The van der Waals surface area contributed by atoms with Gasteiger partial charge in [-0.25, -0.2) is 0 Å². The minimum Gasteiger partial charge on any atom is -0.399 e. The lowest BCUT2D eigenvalue weighted by Gasteiger charge is -1.90. The third-order valence-electron chi connectivity index (χ3n) is 1.06. The molecule has 1 rings (SSSR count). The molecular weight excluding hydrogens is 154 g/mol. The molecule has 0 aliphatic heterocycles. The first-order valence-electron chi connectivity index (χ1n) is 3.76. The van der Waals surface area contributed by atoms with Crippen molar-refractivity contribution in [2.45, 2.75) is 13.0 Å². The van der Waals surface area contributed by atoms with Crippen LogP contribution in [0.2, 0.25) is 0 Å². The van der Waals surface area contributed by atoms with Crippen LogP contribution in [0, 0.1) is 0 Å². The summed E-state index contributed by atoms with van der Waals surface area (Å²) in [6, 6.07) is 9.49. The summed E-state index contributed by atoms with van der Waals surface area (Å²) in [5.41, 5.74) is 6.18. The van der Waals surface area contributed by atoms with Crippen LogP contribution in [0.25, 0.3) is 0 Å². The summed E-state index contributed by atoms with van der Waals surface area (Å²) in [5.74, 6) is 0. The first kappa shape index (κ1) is 10.9. The third-order valence-corrected chi connectivity index (χ3v) is 1.06. The van der Waals surface area contributed by atoms with Gasteiger partial charge in [0, 0.05) is 5.69 Å². The van der Waals surface area contributed by atoms with Gasteiger partial charge in [0.25, 0.3) is 0 Å². The van der Waals surface area contributed by atoms with Crippen LogP contribution >= 0.6 is 0 Å². The second-order valence-corrected chi connectivity index (χ2v) is 2.44. The number of anilines is 1. The molecule has 1 unspecified atom stereocenters. The standard InChI is InChI=1S/C6H7N.C3H8O2/c7-6-4-2-1-3-5-6;1-3(5)2-4/h1-5H,7H2;3-5H,2H2,1H3. The summed E-state index contributed by atoms with van der Waals surface area (Å²) in [6.07, 6.45) is -0.560. The summed E-state index contributed by atoms with van der Waals surface area (Å²) < 4.78 is 0. The van der Waals surface area contributed by atoms with Gasteiger partial charge in [-0.05, 0) is 19.1 Å². The van der Waals surface area contributed by atoms with Gasteiger partial charge in [-0.15, -0.1) is 0 Å². The maximum absolute atomic E-state index is 8.11. The van der Waals surface area contributed by atoms with E-state index in [0.717, 1.165) is 5.69 Å². The van der Waals surface area contributed by atoms with E-state index in [9.17, 15) is 0 Å². The second-order valence-electron chi connectivity index (χ2n) is 2.44. The average molecular weight is 169 g/mol. The second kappa shape index (κ2) is 6.64. The molecule has 0 heterocycles. The molecule has 12 heavy (non-hydrogen) atoms. The van der Waals surface area contributed by atoms with Gasteiger partial charge in [-0.1, -0.05) is 18.2 Å². The van der Waals surface area contributed by atoms with Gasteiger partial charge in [0.1, 0.15) is 0 Å². The van der Waals surface area contributed by atoms with Crippen LogP contribution in [0.5, 0.6) is 0 Å². The van der Waals surface area contributed by atoms with Crippen LogP contribution in [0.15, 0.2) is 30.3 Å². The van der Waals surface area contributed by atoms with Crippen LogP contribution in [-0.4, -0.2) is 22.9 Å². The molecule has 0 saturated heterocycles. The lowest BCUT2D eigenvalue weighted by atomic mass is 10.3. The van der Waals surface area contributed by atoms with E-state index >= 15 is 0 Å². The molecule has 3 nitrogen and oxygen atoms in total. The van der Waals surface area contributed by atoms with Crippen molar-refractivity contribution in [3.05, 3.63) is 30.3 Å². The molecule has 4 N–H and O–H groups in total. The number of hydrogen-bond acceptors (Lipinski definition) is 3. The van der Waals surface area contributed by atoms with E-state index in [1.807, 2.05) is 30.3 Å². The molecule has 0 spiro atoms. The Kier molecular flexibility index (Phi) is 6.05. The highest BCUT2D eigenvalue weighted by molar-refractivity contribution is 5.35. The molecule has 0 fully saturated rings. The quantitative estimate of drug-likeness (QED) is 0.540. The van der Waals surface area contributed by atoms with Crippen molar-refractivity contribution in [3.63, 3.8) is 0 Å². The lowest BCUT2D eigenvalue weighted by Crippen LogP contribution is -2.03. The Morgan fingerprint density at radius 1 is 1.33 bits per heavy atom. The van der Waals surface area contributed by atoms with E-state index in [0.29, 0.717) is 0 Å². The first-order valence-corrected chi connectivity index (χ1v) is 3.76. The van der Waals surface area contributed by atoms with Gasteiger partial charge in [-0.2, -0.15) is 0 Å². The Balaban J connectivity index is 0.000000217. The Hall–Kier alpha value is -1.06. The van der Waals surface area contributed by atoms with Crippen molar-refractivity contribution >= 4 is 5.69 Å². The fraction of sp³-hybridized carbons (Fsp3) is 0.333. The van der Waals surface area contributed by atoms with Gasteiger partial charge in [0.05, 0.1) is 12.7 Å². The molecule has 0 aromatic heterocycles. The van der Waals surface area contributed by atoms with Gasteiger partial charge >= 0.3 is 0 Å². The van der Waals surface area contributed by atoms with Crippen molar-refractivity contribution in [2.24, 2.45) is 0 Å². The zero-order chi connectivity index (χ0) is 9.40. The number of aliphatic hydroxyl groups excluding tert-OH is 2. The molecule has 0 amide bonds. The van der Waals surface area contributed by atoms with Crippen molar-refractivity contribution in [1.29, 1.82) is 0 Å². The molecule has 0 radical (unpaired) electrons. The molecule has 3 heteroatoms. The van der Waals surface area contributed by atoms with Crippen molar-refractivity contribution in [1.82, 2.24) is 0 Å². The molecule has 0 aliphatic rings. The van der Waals surface area contributed by atoms with Gasteiger partial charge in [0.15, 0.2) is 0 Å². The third kappa shape index (κ3) is 7.05. The van der Waals surface area contributed by atoms with E-state index in [1.165, 1.54) is 6.92 Å². The summed E-state index contributed by atoms with van der Waals surface area (Å²) in [6.45, 7) is 1.39. The largest absolute Gasteiger partial charge is 0.399 e. The van der Waals surface area contributed by atoms with E-state index in [1.54, 1.807) is 0 Å². The number of hydrogen-bond donors (Lipinski definition) is 3. The Bertz CT molecular complexity index is 187. The predicted molar refractivity (Wildman–Crippen MR) is 49.6 cm³/mol. The van der Waals surface area contributed by atoms with Crippen LogP contribution in [-0.2, 0) is 0 Å². The van der Waals surface area contributed by atoms with Crippen LogP contribution in [0.4, 0.5) is 5.69 Å². The maximum Gasteiger partial charge on any atom is 0.0742 e. The predicted octanol–water partition coefficient (Wildman–Crippen LogP) is 0.628. The van der Waals surface area contributed by atoms with Gasteiger partial charge in [0.2, 0.25) is 0 Å². The molecular formula is C9H15NO2. The SMILES string of the molecule is CC(O)CO.Nc1ccccc1. The first-order chi connectivity index (χ1) is 5.66. The Labute approximate surface area is 72.5 Å². The van der Waals surface area contributed by atoms with Gasteiger partial charge < -0.3 is 15.9 Å². The van der Waals surface area contributed by atoms with E-state index in [2.05, 4.69) is 0 Å². The van der Waals surface area contributed by atoms with Crippen molar-refractivity contribution in [3.8, 4) is 0 Å². The molecule has 1 aromatic rings. The number of nitrogen functional groups attached to an aromatic ring is 1. The van der Waals surface area contributed by atoms with Crippen LogP contribution in [0.3, 0.4) is 0 Å². The molecule has 1 aromatic carbocycles. The molecule has 1 atom stereocenters. The smallest absolute Gasteiger partial charge is 0.0742 e. The zero-order valence-corrected chi connectivity index (χ0v) is 7.14. The minimum atomic E-state index is -0.560. The Morgan fingerprint density at radius 3 is 1.92 bits per heavy atom. The summed E-state index contributed by atoms with van der Waals surface area (Å²) in [4.78, 5) is 0. The molecule has 0 aliphatic carbocycles. The van der Waals surface area contributed by atoms with E-state index in [-0.39, 0.29) is 6.61 Å². The molecule has 0 bridgehead atoms. The highest BCUT2D eigenvalue weighted by atomic mass is 16.3. The average Bonchev–Trinajstić information content (AvgIpc) is 2.07. The minimum absolute atomic E-state index is 0.139. The highest BCUT2D eigenvalue weighted by Crippen LogP contribution is 1.95. The van der Waals surface area contributed by atoms with Crippen molar-refractivity contribution < 1.29 is 10.2 Å². The summed E-state index contributed by atoms with van der Waals surface area (Å²) in [7, 11) is 0. The van der Waals surface area contributed by atoms with Crippen LogP contribution in [0.1, 0.15) is 6.92 Å². The number of rotatable bonds is 1. The number of aliphatic hydroxyl groups is 2. The molecule has 68 valence electrons. The number of nitrogens with two attached hydrogens (primary N) is 1. The fourth-order valence-corrected chi connectivity index (χ4v) is 0.453. The number of para-hydroxylation sites is 1. The fourth-order valence-electron chi connectivity index (χ4n) is 0.453. The normalized spacial score (nSPS) is 11.2. The van der Waals surface area contributed by atoms with E-state index < -0.39 is 6.10 Å². The van der Waals surface area contributed by atoms with Crippen molar-refractivity contribution in [2.75, 3.05) is 12.3 Å².